The van der Waals surface area contributed by atoms with E-state index in [2.05, 4.69) is 12.1 Å². The largest absolute Gasteiger partial charge is 0.407 e. The van der Waals surface area contributed by atoms with Crippen molar-refractivity contribution in [2.24, 2.45) is 0 Å². The molecule has 0 saturated heterocycles. The first-order valence-corrected chi connectivity index (χ1v) is 10.2. The van der Waals surface area contributed by atoms with Gasteiger partial charge in [0.25, 0.3) is 0 Å². The number of imidazole rings is 1. The van der Waals surface area contributed by atoms with Crippen molar-refractivity contribution in [3.05, 3.63) is 107 Å². The van der Waals surface area contributed by atoms with Crippen molar-refractivity contribution in [1.82, 2.24) is 14.4 Å². The first-order chi connectivity index (χ1) is 15.2. The Balaban J connectivity index is 1.76. The Morgan fingerprint density at radius 2 is 1.35 bits per heavy atom. The number of ether oxygens (including phenoxy) is 1. The van der Waals surface area contributed by atoms with Crippen LogP contribution in [0.2, 0.25) is 0 Å². The summed E-state index contributed by atoms with van der Waals surface area (Å²) in [6, 6.07) is 28.1. The maximum atomic E-state index is 12.0. The Hall–Kier alpha value is -3.99. The van der Waals surface area contributed by atoms with Gasteiger partial charge in [-0.1, -0.05) is 72.8 Å². The lowest BCUT2D eigenvalue weighted by Gasteiger charge is -2.10. The van der Waals surface area contributed by atoms with Crippen LogP contribution >= 0.6 is 0 Å². The topological polar surface area (TPSA) is 56.5 Å². The zero-order valence-corrected chi connectivity index (χ0v) is 17.2. The van der Waals surface area contributed by atoms with E-state index in [9.17, 15) is 4.79 Å². The number of para-hydroxylation sites is 2. The molecule has 0 amide bonds. The molecule has 0 aliphatic rings. The SMILES string of the molecule is CC(=O)Oc1c(Cc2ccccc2)nc2c(Cc3ccccc3)nc3ccccc3n12. The average Bonchev–Trinajstić information content (AvgIpc) is 3.13. The summed E-state index contributed by atoms with van der Waals surface area (Å²) in [7, 11) is 0. The van der Waals surface area contributed by atoms with Crippen LogP contribution in [0.25, 0.3) is 16.7 Å². The summed E-state index contributed by atoms with van der Waals surface area (Å²) in [5, 5.41) is 0. The highest BCUT2D eigenvalue weighted by atomic mass is 16.5. The van der Waals surface area contributed by atoms with Crippen molar-refractivity contribution in [1.29, 1.82) is 0 Å². The number of esters is 1. The van der Waals surface area contributed by atoms with E-state index in [0.717, 1.165) is 27.9 Å². The third-order valence-electron chi connectivity index (χ3n) is 5.21. The molecule has 2 aromatic heterocycles. The summed E-state index contributed by atoms with van der Waals surface area (Å²) in [6.45, 7) is 1.42. The van der Waals surface area contributed by atoms with E-state index in [-0.39, 0.29) is 5.97 Å². The van der Waals surface area contributed by atoms with Crippen LogP contribution in [0.5, 0.6) is 5.88 Å². The molecule has 31 heavy (non-hydrogen) atoms. The lowest BCUT2D eigenvalue weighted by Crippen LogP contribution is -2.07. The molecule has 5 nitrogen and oxygen atoms in total. The summed E-state index contributed by atoms with van der Waals surface area (Å²) in [6.07, 6.45) is 1.20. The van der Waals surface area contributed by atoms with Crippen LogP contribution in [-0.4, -0.2) is 20.3 Å². The van der Waals surface area contributed by atoms with E-state index in [1.54, 1.807) is 0 Å². The lowest BCUT2D eigenvalue weighted by atomic mass is 10.1. The van der Waals surface area contributed by atoms with Crippen molar-refractivity contribution < 1.29 is 9.53 Å². The molecule has 2 heterocycles. The molecule has 0 spiro atoms. The Morgan fingerprint density at radius 1 is 0.774 bits per heavy atom. The summed E-state index contributed by atoms with van der Waals surface area (Å²) in [5.41, 5.74) is 6.21. The van der Waals surface area contributed by atoms with Gasteiger partial charge in [0.1, 0.15) is 5.69 Å². The summed E-state index contributed by atoms with van der Waals surface area (Å²) >= 11 is 0. The quantitative estimate of drug-likeness (QED) is 0.385. The second-order valence-electron chi connectivity index (χ2n) is 7.49. The fourth-order valence-corrected chi connectivity index (χ4v) is 3.86. The molecule has 0 aliphatic carbocycles. The third-order valence-corrected chi connectivity index (χ3v) is 5.21. The average molecular weight is 407 g/mol. The van der Waals surface area contributed by atoms with Gasteiger partial charge in [-0.15, -0.1) is 0 Å². The molecule has 0 unspecified atom stereocenters. The zero-order valence-electron chi connectivity index (χ0n) is 17.2. The molecule has 0 aliphatic heterocycles. The van der Waals surface area contributed by atoms with Gasteiger partial charge in [0.05, 0.1) is 16.7 Å². The maximum absolute atomic E-state index is 12.0. The molecule has 5 rings (SSSR count). The molecule has 3 aromatic carbocycles. The normalized spacial score (nSPS) is 11.1. The molecule has 0 atom stereocenters. The molecular formula is C26H21N3O2. The molecule has 5 aromatic rings. The van der Waals surface area contributed by atoms with Gasteiger partial charge >= 0.3 is 5.97 Å². The van der Waals surface area contributed by atoms with E-state index < -0.39 is 0 Å². The zero-order chi connectivity index (χ0) is 21.2. The minimum absolute atomic E-state index is 0.374. The summed E-state index contributed by atoms with van der Waals surface area (Å²) < 4.78 is 7.65. The molecule has 152 valence electrons. The molecule has 0 radical (unpaired) electrons. The smallest absolute Gasteiger partial charge is 0.309 e. The van der Waals surface area contributed by atoms with Crippen LogP contribution in [0.4, 0.5) is 0 Å². The predicted molar refractivity (Wildman–Crippen MR) is 120 cm³/mol. The van der Waals surface area contributed by atoms with Gasteiger partial charge < -0.3 is 4.74 Å². The Labute approximate surface area is 180 Å². The van der Waals surface area contributed by atoms with Crippen molar-refractivity contribution in [2.45, 2.75) is 19.8 Å². The fourth-order valence-electron chi connectivity index (χ4n) is 3.86. The molecule has 0 bridgehead atoms. The number of carbonyl (C=O) groups excluding carboxylic acids is 1. The summed E-state index contributed by atoms with van der Waals surface area (Å²) in [5.74, 6) is 0.0841. The Bertz CT molecular complexity index is 1380. The van der Waals surface area contributed by atoms with E-state index in [1.807, 2.05) is 77.2 Å². The van der Waals surface area contributed by atoms with Crippen LogP contribution in [0.3, 0.4) is 0 Å². The van der Waals surface area contributed by atoms with Gasteiger partial charge in [-0.25, -0.2) is 9.97 Å². The first kappa shape index (κ1) is 19.0. The van der Waals surface area contributed by atoms with Gasteiger partial charge in [-0.3, -0.25) is 9.20 Å². The fraction of sp³-hybridized carbons (Fsp3) is 0.115. The number of hydrogen-bond donors (Lipinski definition) is 0. The molecule has 0 saturated carbocycles. The maximum Gasteiger partial charge on any atom is 0.309 e. The Morgan fingerprint density at radius 3 is 2.00 bits per heavy atom. The van der Waals surface area contributed by atoms with Gasteiger partial charge in [-0.2, -0.15) is 0 Å². The van der Waals surface area contributed by atoms with Gasteiger partial charge in [0.15, 0.2) is 5.65 Å². The van der Waals surface area contributed by atoms with Crippen molar-refractivity contribution in [3.8, 4) is 5.88 Å². The van der Waals surface area contributed by atoms with Gasteiger partial charge in [0, 0.05) is 19.8 Å². The minimum Gasteiger partial charge on any atom is -0.407 e. The molecule has 0 fully saturated rings. The van der Waals surface area contributed by atoms with Crippen LogP contribution < -0.4 is 4.74 Å². The highest BCUT2D eigenvalue weighted by molar-refractivity contribution is 5.81. The van der Waals surface area contributed by atoms with Crippen LogP contribution in [-0.2, 0) is 17.6 Å². The highest BCUT2D eigenvalue weighted by Crippen LogP contribution is 2.30. The third kappa shape index (κ3) is 3.78. The van der Waals surface area contributed by atoms with Crippen molar-refractivity contribution in [2.75, 3.05) is 0 Å². The summed E-state index contributed by atoms with van der Waals surface area (Å²) in [4.78, 5) is 21.8. The number of carbonyl (C=O) groups is 1. The van der Waals surface area contributed by atoms with E-state index >= 15 is 0 Å². The van der Waals surface area contributed by atoms with Gasteiger partial charge in [-0.05, 0) is 23.3 Å². The number of benzene rings is 3. The van der Waals surface area contributed by atoms with E-state index in [1.165, 1.54) is 6.92 Å². The number of rotatable bonds is 5. The number of nitrogens with zero attached hydrogens (tertiary/aromatic N) is 3. The second-order valence-corrected chi connectivity index (χ2v) is 7.49. The van der Waals surface area contributed by atoms with Crippen molar-refractivity contribution in [3.63, 3.8) is 0 Å². The predicted octanol–water partition coefficient (Wildman–Crippen LogP) is 4.99. The molecule has 0 N–H and O–H groups in total. The molecule has 5 heteroatoms. The van der Waals surface area contributed by atoms with Crippen LogP contribution in [0, 0.1) is 0 Å². The standard InChI is InChI=1S/C26H21N3O2/c1-18(30)31-26-23(17-20-12-6-3-7-13-20)28-25-22(16-19-10-4-2-5-11-19)27-21-14-8-9-15-24(21)29(25)26/h2-15H,16-17H2,1H3. The van der Waals surface area contributed by atoms with Crippen molar-refractivity contribution >= 4 is 22.6 Å². The molecular weight excluding hydrogens is 386 g/mol. The monoisotopic (exact) mass is 407 g/mol. The van der Waals surface area contributed by atoms with E-state index in [4.69, 9.17) is 14.7 Å². The number of fused-ring (bicyclic) bond motifs is 3. The van der Waals surface area contributed by atoms with Crippen LogP contribution in [0.1, 0.15) is 29.4 Å². The Kier molecular flexibility index (Phi) is 4.92. The van der Waals surface area contributed by atoms with E-state index in [0.29, 0.717) is 30.1 Å². The van der Waals surface area contributed by atoms with Crippen LogP contribution in [0.15, 0.2) is 84.9 Å². The minimum atomic E-state index is -0.374. The number of aromatic nitrogens is 3. The number of hydrogen-bond acceptors (Lipinski definition) is 4. The second kappa shape index (κ2) is 8.03. The van der Waals surface area contributed by atoms with Gasteiger partial charge in [0.2, 0.25) is 5.88 Å². The highest BCUT2D eigenvalue weighted by Gasteiger charge is 2.21. The lowest BCUT2D eigenvalue weighted by molar-refractivity contribution is -0.132. The first-order valence-electron chi connectivity index (χ1n) is 10.2.